The summed E-state index contributed by atoms with van der Waals surface area (Å²) in [6.45, 7) is 9.27. The first-order chi connectivity index (χ1) is 14.5. The first-order valence-electron chi connectivity index (χ1n) is 10.1. The quantitative estimate of drug-likeness (QED) is 0.797. The highest BCUT2D eigenvalue weighted by molar-refractivity contribution is 6.04. The lowest BCUT2D eigenvalue weighted by molar-refractivity contribution is 0.0237. The number of nitrogens with one attached hydrogen (secondary N) is 1. The third-order valence-electron chi connectivity index (χ3n) is 4.72. The predicted octanol–water partition coefficient (Wildman–Crippen LogP) is 3.69. The molecule has 1 aromatic carbocycles. The molecule has 1 aliphatic heterocycles. The Hall–Kier alpha value is -3.36. The zero-order valence-corrected chi connectivity index (χ0v) is 18.7. The number of benzene rings is 1. The molecule has 0 fully saturated rings. The maximum atomic E-state index is 12.7. The van der Waals surface area contributed by atoms with Crippen molar-refractivity contribution in [3.8, 4) is 5.75 Å². The van der Waals surface area contributed by atoms with Gasteiger partial charge in [0.1, 0.15) is 11.4 Å². The van der Waals surface area contributed by atoms with E-state index in [0.29, 0.717) is 22.6 Å². The van der Waals surface area contributed by atoms with Crippen LogP contribution in [-0.4, -0.2) is 45.3 Å². The van der Waals surface area contributed by atoms with Crippen molar-refractivity contribution >= 4 is 23.7 Å². The van der Waals surface area contributed by atoms with Gasteiger partial charge in [-0.15, -0.1) is 5.10 Å². The smallest absolute Gasteiger partial charge is 0.410 e. The molecule has 0 saturated carbocycles. The van der Waals surface area contributed by atoms with Crippen molar-refractivity contribution in [3.05, 3.63) is 41.1 Å². The van der Waals surface area contributed by atoms with Crippen molar-refractivity contribution in [1.82, 2.24) is 14.7 Å². The molecule has 1 aliphatic rings. The van der Waals surface area contributed by atoms with Crippen LogP contribution < -0.4 is 10.1 Å². The van der Waals surface area contributed by atoms with Crippen LogP contribution in [0.4, 0.5) is 10.6 Å². The number of hydrogen-bond donors (Lipinski definition) is 1. The maximum absolute atomic E-state index is 12.7. The first-order valence-corrected chi connectivity index (χ1v) is 10.1. The van der Waals surface area contributed by atoms with E-state index in [1.807, 2.05) is 0 Å². The highest BCUT2D eigenvalue weighted by atomic mass is 16.6. The number of ether oxygens (including phenoxy) is 2. The van der Waals surface area contributed by atoms with Gasteiger partial charge in [0.2, 0.25) is 5.91 Å². The lowest BCUT2D eigenvalue weighted by atomic mass is 10.2. The van der Waals surface area contributed by atoms with Gasteiger partial charge >= 0.3 is 6.09 Å². The Morgan fingerprint density at radius 1 is 1.10 bits per heavy atom. The Balaban J connectivity index is 1.88. The van der Waals surface area contributed by atoms with Gasteiger partial charge in [-0.25, -0.2) is 9.48 Å². The van der Waals surface area contributed by atoms with Crippen molar-refractivity contribution < 1.29 is 23.9 Å². The monoisotopic (exact) mass is 428 g/mol. The number of carbonyl (C=O) groups excluding carboxylic acids is 3. The number of fused-ring (bicyclic) bond motifs is 1. The average molecular weight is 428 g/mol. The van der Waals surface area contributed by atoms with Crippen LogP contribution in [-0.2, 0) is 17.8 Å². The minimum Gasteiger partial charge on any atom is -0.497 e. The van der Waals surface area contributed by atoms with Gasteiger partial charge in [0.05, 0.1) is 25.9 Å². The van der Waals surface area contributed by atoms with Crippen molar-refractivity contribution in [2.45, 2.75) is 53.3 Å². The summed E-state index contributed by atoms with van der Waals surface area (Å²) in [6, 6.07) is 6.64. The van der Waals surface area contributed by atoms with Gasteiger partial charge in [-0.1, -0.05) is 13.8 Å². The number of anilines is 1. The van der Waals surface area contributed by atoms with Gasteiger partial charge in [0.15, 0.2) is 5.82 Å². The third kappa shape index (κ3) is 4.87. The molecule has 0 unspecified atom stereocenters. The van der Waals surface area contributed by atoms with E-state index >= 15 is 0 Å². The number of carbonyl (C=O) groups is 3. The molecule has 2 heterocycles. The summed E-state index contributed by atoms with van der Waals surface area (Å²) < 4.78 is 11.9. The van der Waals surface area contributed by atoms with E-state index in [1.54, 1.807) is 66.0 Å². The second kappa shape index (κ2) is 8.41. The molecule has 0 bridgehead atoms. The van der Waals surface area contributed by atoms with Crippen LogP contribution in [0.25, 0.3) is 0 Å². The SMILES string of the molecule is COc1ccc(C(=O)Nc2nn(C(=O)C(C)C)c3c2CN(C(=O)OC(C)(C)C)C3)cc1. The van der Waals surface area contributed by atoms with Crippen molar-refractivity contribution in [2.75, 3.05) is 12.4 Å². The van der Waals surface area contributed by atoms with Crippen molar-refractivity contribution in [2.24, 2.45) is 5.92 Å². The minimum atomic E-state index is -0.642. The Morgan fingerprint density at radius 3 is 2.29 bits per heavy atom. The summed E-state index contributed by atoms with van der Waals surface area (Å²) in [5.41, 5.74) is 0.981. The van der Waals surface area contributed by atoms with Crippen LogP contribution >= 0.6 is 0 Å². The summed E-state index contributed by atoms with van der Waals surface area (Å²) in [4.78, 5) is 39.5. The van der Waals surface area contributed by atoms with Gasteiger partial charge in [0.25, 0.3) is 5.91 Å². The average Bonchev–Trinajstić information content (AvgIpc) is 3.26. The van der Waals surface area contributed by atoms with Gasteiger partial charge in [0, 0.05) is 17.0 Å². The number of amides is 2. The number of nitrogens with zero attached hydrogens (tertiary/aromatic N) is 3. The zero-order chi connectivity index (χ0) is 22.9. The van der Waals surface area contributed by atoms with E-state index in [4.69, 9.17) is 9.47 Å². The summed E-state index contributed by atoms with van der Waals surface area (Å²) in [5.74, 6) is 0.00731. The molecule has 0 radical (unpaired) electrons. The summed E-state index contributed by atoms with van der Waals surface area (Å²) in [5, 5.41) is 7.13. The molecule has 0 atom stereocenters. The molecule has 2 aromatic rings. The van der Waals surface area contributed by atoms with Gasteiger partial charge in [-0.05, 0) is 45.0 Å². The van der Waals surface area contributed by atoms with Crippen molar-refractivity contribution in [1.29, 1.82) is 0 Å². The Labute approximate surface area is 181 Å². The second-order valence-electron chi connectivity index (χ2n) is 8.70. The van der Waals surface area contributed by atoms with Crippen LogP contribution in [0.1, 0.15) is 61.0 Å². The largest absolute Gasteiger partial charge is 0.497 e. The molecule has 2 amide bonds. The molecule has 1 N–H and O–H groups in total. The summed E-state index contributed by atoms with van der Waals surface area (Å²) in [7, 11) is 1.55. The van der Waals surface area contributed by atoms with Crippen LogP contribution in [0.15, 0.2) is 24.3 Å². The number of aromatic nitrogens is 2. The minimum absolute atomic E-state index is 0.175. The molecule has 0 aliphatic carbocycles. The molecule has 0 saturated heterocycles. The van der Waals surface area contributed by atoms with E-state index in [9.17, 15) is 14.4 Å². The molecule has 3 rings (SSSR count). The second-order valence-corrected chi connectivity index (χ2v) is 8.70. The summed E-state index contributed by atoms with van der Waals surface area (Å²) >= 11 is 0. The van der Waals surface area contributed by atoms with E-state index in [2.05, 4.69) is 10.4 Å². The fourth-order valence-electron chi connectivity index (χ4n) is 3.15. The lowest BCUT2D eigenvalue weighted by Crippen LogP contribution is -2.34. The van der Waals surface area contributed by atoms with Gasteiger partial charge in [-0.3, -0.25) is 14.5 Å². The standard InChI is InChI=1S/C22H28N4O5/c1-13(2)20(28)26-17-12-25(21(29)31-22(3,4)5)11-16(17)18(24-26)23-19(27)14-7-9-15(30-6)10-8-14/h7-10,13H,11-12H2,1-6H3,(H,23,24,27). The van der Waals surface area contributed by atoms with E-state index in [-0.39, 0.29) is 36.6 Å². The van der Waals surface area contributed by atoms with Crippen molar-refractivity contribution in [3.63, 3.8) is 0 Å². The highest BCUT2D eigenvalue weighted by Gasteiger charge is 2.35. The van der Waals surface area contributed by atoms with Gasteiger partial charge in [-0.2, -0.15) is 0 Å². The topological polar surface area (TPSA) is 103 Å². The normalized spacial score (nSPS) is 13.2. The maximum Gasteiger partial charge on any atom is 0.410 e. The fourth-order valence-corrected chi connectivity index (χ4v) is 3.15. The molecule has 1 aromatic heterocycles. The zero-order valence-electron chi connectivity index (χ0n) is 18.7. The van der Waals surface area contributed by atoms with Crippen LogP contribution in [0.5, 0.6) is 5.75 Å². The number of rotatable bonds is 4. The van der Waals surface area contributed by atoms with Gasteiger partial charge < -0.3 is 14.8 Å². The Kier molecular flexibility index (Phi) is 6.06. The molecule has 0 spiro atoms. The fraction of sp³-hybridized carbons (Fsp3) is 0.455. The third-order valence-corrected chi connectivity index (χ3v) is 4.72. The van der Waals surface area contributed by atoms with Crippen LogP contribution in [0, 0.1) is 5.92 Å². The van der Waals surface area contributed by atoms with E-state index in [0.717, 1.165) is 0 Å². The number of methoxy groups -OCH3 is 1. The molecular formula is C22H28N4O5. The Morgan fingerprint density at radius 2 is 1.74 bits per heavy atom. The predicted molar refractivity (Wildman–Crippen MR) is 114 cm³/mol. The van der Waals surface area contributed by atoms with E-state index < -0.39 is 11.7 Å². The molecular weight excluding hydrogens is 400 g/mol. The van der Waals surface area contributed by atoms with E-state index in [1.165, 1.54) is 9.58 Å². The summed E-state index contributed by atoms with van der Waals surface area (Å²) in [6.07, 6.45) is -0.486. The number of hydrogen-bond acceptors (Lipinski definition) is 6. The molecule has 9 nitrogen and oxygen atoms in total. The van der Waals surface area contributed by atoms with Crippen LogP contribution in [0.2, 0.25) is 0 Å². The first kappa shape index (κ1) is 22.3. The highest BCUT2D eigenvalue weighted by Crippen LogP contribution is 2.31. The lowest BCUT2D eigenvalue weighted by Gasteiger charge is -2.24. The molecule has 31 heavy (non-hydrogen) atoms. The molecule has 166 valence electrons. The van der Waals surface area contributed by atoms with Crippen LogP contribution in [0.3, 0.4) is 0 Å². The molecule has 9 heteroatoms. The Bertz CT molecular complexity index is 1000.